The standard InChI is InChI=1S/C51H50O5/c1-48(2)29-49(3,4)31-50(30-48)43-11-9-8-10-38(43)45-41-26-40(33-14-12-32(28-52)13-15-33)44(55-7)27-42(41)47-39(46(45)50)24-25-51(56-47,34-16-20-36(53-5)21-17-34)35-18-22-37(54-6)23-19-35/h8-27,52H,28-31H2,1-7H3. The summed E-state index contributed by atoms with van der Waals surface area (Å²) in [5.41, 5.74) is 10.4. The number of ether oxygens (including phenoxy) is 4. The van der Waals surface area contributed by atoms with E-state index < -0.39 is 5.60 Å². The predicted molar refractivity (Wildman–Crippen MR) is 226 cm³/mol. The Morgan fingerprint density at radius 1 is 0.643 bits per heavy atom. The second kappa shape index (κ2) is 13.0. The van der Waals surface area contributed by atoms with Crippen molar-refractivity contribution in [1.82, 2.24) is 0 Å². The zero-order chi connectivity index (χ0) is 39.0. The molecule has 1 heterocycles. The molecule has 5 heteroatoms. The number of hydrogen-bond acceptors (Lipinski definition) is 5. The van der Waals surface area contributed by atoms with Crippen LogP contribution in [0.25, 0.3) is 39.1 Å². The zero-order valence-electron chi connectivity index (χ0n) is 33.5. The molecule has 5 nitrogen and oxygen atoms in total. The van der Waals surface area contributed by atoms with Crippen LogP contribution in [0.4, 0.5) is 0 Å². The normalized spacial score (nSPS) is 17.8. The van der Waals surface area contributed by atoms with E-state index in [4.69, 9.17) is 18.9 Å². The molecule has 284 valence electrons. The molecule has 1 spiro atoms. The Labute approximate surface area is 330 Å². The van der Waals surface area contributed by atoms with Crippen molar-refractivity contribution in [1.29, 1.82) is 0 Å². The Morgan fingerprint density at radius 3 is 1.82 bits per heavy atom. The van der Waals surface area contributed by atoms with E-state index in [2.05, 4.69) is 113 Å². The Morgan fingerprint density at radius 2 is 1.25 bits per heavy atom. The number of aliphatic hydroxyl groups is 1. The predicted octanol–water partition coefficient (Wildman–Crippen LogP) is 11.9. The molecule has 6 aromatic rings. The van der Waals surface area contributed by atoms with Gasteiger partial charge >= 0.3 is 0 Å². The molecule has 2 aliphatic carbocycles. The van der Waals surface area contributed by atoms with Gasteiger partial charge in [-0.3, -0.25) is 0 Å². The lowest BCUT2D eigenvalue weighted by atomic mass is 9.52. The van der Waals surface area contributed by atoms with Gasteiger partial charge in [0.1, 0.15) is 23.0 Å². The molecule has 0 aromatic heterocycles. The van der Waals surface area contributed by atoms with E-state index in [-0.39, 0.29) is 22.9 Å². The first-order chi connectivity index (χ1) is 26.9. The third kappa shape index (κ3) is 5.54. The maximum absolute atomic E-state index is 9.85. The van der Waals surface area contributed by atoms with E-state index in [1.165, 1.54) is 22.3 Å². The molecule has 1 N–H and O–H groups in total. The third-order valence-corrected chi connectivity index (χ3v) is 12.6. The van der Waals surface area contributed by atoms with Crippen LogP contribution in [0, 0.1) is 10.8 Å². The monoisotopic (exact) mass is 742 g/mol. The lowest BCUT2D eigenvalue weighted by Gasteiger charge is -2.52. The summed E-state index contributed by atoms with van der Waals surface area (Å²) in [6, 6.07) is 38.2. The van der Waals surface area contributed by atoms with Crippen LogP contribution in [-0.2, 0) is 17.6 Å². The molecule has 0 radical (unpaired) electrons. The fourth-order valence-electron chi connectivity index (χ4n) is 11.0. The minimum Gasteiger partial charge on any atom is -0.497 e. The third-order valence-electron chi connectivity index (χ3n) is 12.6. The summed E-state index contributed by atoms with van der Waals surface area (Å²) < 4.78 is 25.2. The van der Waals surface area contributed by atoms with Crippen LogP contribution in [0.1, 0.15) is 80.3 Å². The van der Waals surface area contributed by atoms with Gasteiger partial charge in [-0.15, -0.1) is 0 Å². The molecule has 0 unspecified atom stereocenters. The Balaban J connectivity index is 1.40. The van der Waals surface area contributed by atoms with Crippen molar-refractivity contribution in [2.45, 2.75) is 64.6 Å². The van der Waals surface area contributed by atoms with Crippen LogP contribution < -0.4 is 18.9 Å². The van der Waals surface area contributed by atoms with Gasteiger partial charge < -0.3 is 24.1 Å². The highest BCUT2D eigenvalue weighted by molar-refractivity contribution is 6.10. The molecular weight excluding hydrogens is 693 g/mol. The number of hydrogen-bond donors (Lipinski definition) is 1. The van der Waals surface area contributed by atoms with Gasteiger partial charge in [-0.2, -0.15) is 0 Å². The van der Waals surface area contributed by atoms with Crippen molar-refractivity contribution in [3.63, 3.8) is 0 Å². The average molecular weight is 743 g/mol. The first-order valence-corrected chi connectivity index (χ1v) is 19.6. The molecule has 1 saturated carbocycles. The van der Waals surface area contributed by atoms with E-state index in [9.17, 15) is 5.11 Å². The molecule has 3 aliphatic rings. The smallest absolute Gasteiger partial charge is 0.178 e. The Kier molecular flexibility index (Phi) is 8.41. The van der Waals surface area contributed by atoms with E-state index in [1.807, 2.05) is 36.4 Å². The molecule has 6 aromatic carbocycles. The summed E-state index contributed by atoms with van der Waals surface area (Å²) in [6.45, 7) is 9.80. The molecule has 0 amide bonds. The second-order valence-corrected chi connectivity index (χ2v) is 17.6. The van der Waals surface area contributed by atoms with E-state index in [0.717, 1.165) is 86.4 Å². The number of rotatable bonds is 7. The largest absolute Gasteiger partial charge is 0.497 e. The number of fused-ring (bicyclic) bond motifs is 10. The van der Waals surface area contributed by atoms with Gasteiger partial charge in [-0.05, 0) is 111 Å². The minimum absolute atomic E-state index is 0.00462. The fourth-order valence-corrected chi connectivity index (χ4v) is 11.0. The van der Waals surface area contributed by atoms with Crippen molar-refractivity contribution >= 4 is 16.8 Å². The molecular formula is C51H50O5. The van der Waals surface area contributed by atoms with Gasteiger partial charge in [0.15, 0.2) is 5.60 Å². The van der Waals surface area contributed by atoms with Crippen LogP contribution in [0.5, 0.6) is 23.0 Å². The summed E-state index contributed by atoms with van der Waals surface area (Å²) >= 11 is 0. The van der Waals surface area contributed by atoms with Gasteiger partial charge in [0, 0.05) is 33.1 Å². The SMILES string of the molecule is COc1ccc(C2(c3ccc(OC)cc3)C=Cc3c4c(c5cc(-c6ccc(CO)cc6)c(OC)cc5c3O2)-c2ccccc2C42CC(C)(C)CC(C)(C)C2)cc1. The van der Waals surface area contributed by atoms with E-state index in [0.29, 0.717) is 0 Å². The fraction of sp³-hybridized carbons (Fsp3) is 0.294. The molecule has 0 atom stereocenters. The molecule has 0 saturated heterocycles. The Bertz CT molecular complexity index is 2440. The summed E-state index contributed by atoms with van der Waals surface area (Å²) in [5, 5.41) is 12.0. The lowest BCUT2D eigenvalue weighted by molar-refractivity contribution is 0.0642. The first kappa shape index (κ1) is 36.1. The summed E-state index contributed by atoms with van der Waals surface area (Å²) in [6.07, 6.45) is 7.83. The highest BCUT2D eigenvalue weighted by atomic mass is 16.5. The van der Waals surface area contributed by atoms with Crippen LogP contribution in [0.3, 0.4) is 0 Å². The maximum Gasteiger partial charge on any atom is 0.178 e. The lowest BCUT2D eigenvalue weighted by Crippen LogP contribution is -2.44. The van der Waals surface area contributed by atoms with Crippen LogP contribution >= 0.6 is 0 Å². The maximum atomic E-state index is 9.85. The van der Waals surface area contributed by atoms with Gasteiger partial charge in [0.2, 0.25) is 0 Å². The highest BCUT2D eigenvalue weighted by Crippen LogP contribution is 2.67. The summed E-state index contributed by atoms with van der Waals surface area (Å²) in [7, 11) is 5.12. The minimum atomic E-state index is -0.956. The van der Waals surface area contributed by atoms with E-state index in [1.54, 1.807) is 21.3 Å². The van der Waals surface area contributed by atoms with Crippen molar-refractivity contribution in [2.75, 3.05) is 21.3 Å². The van der Waals surface area contributed by atoms with E-state index >= 15 is 0 Å². The van der Waals surface area contributed by atoms with Gasteiger partial charge in [0.05, 0.1) is 27.9 Å². The van der Waals surface area contributed by atoms with Crippen LogP contribution in [-0.4, -0.2) is 26.4 Å². The molecule has 9 rings (SSSR count). The average Bonchev–Trinajstić information content (AvgIpc) is 3.47. The Hall–Kier alpha value is -5.52. The van der Waals surface area contributed by atoms with Crippen molar-refractivity contribution in [3.05, 3.63) is 149 Å². The number of methoxy groups -OCH3 is 3. The molecule has 1 aliphatic heterocycles. The van der Waals surface area contributed by atoms with Crippen LogP contribution in [0.2, 0.25) is 0 Å². The number of benzene rings is 6. The number of aliphatic hydroxyl groups excluding tert-OH is 1. The van der Waals surface area contributed by atoms with Crippen molar-refractivity contribution < 1.29 is 24.1 Å². The van der Waals surface area contributed by atoms with Crippen LogP contribution in [0.15, 0.2) is 115 Å². The summed E-state index contributed by atoms with van der Waals surface area (Å²) in [5.74, 6) is 3.18. The summed E-state index contributed by atoms with van der Waals surface area (Å²) in [4.78, 5) is 0. The molecule has 1 fully saturated rings. The van der Waals surface area contributed by atoms with Crippen molar-refractivity contribution in [3.8, 4) is 45.3 Å². The highest BCUT2D eigenvalue weighted by Gasteiger charge is 2.55. The molecule has 0 bridgehead atoms. The van der Waals surface area contributed by atoms with Gasteiger partial charge in [-0.25, -0.2) is 0 Å². The van der Waals surface area contributed by atoms with Gasteiger partial charge in [-0.1, -0.05) is 107 Å². The topological polar surface area (TPSA) is 57.2 Å². The van der Waals surface area contributed by atoms with Crippen molar-refractivity contribution in [2.24, 2.45) is 10.8 Å². The van der Waals surface area contributed by atoms with Gasteiger partial charge in [0.25, 0.3) is 0 Å². The first-order valence-electron chi connectivity index (χ1n) is 19.6. The second-order valence-electron chi connectivity index (χ2n) is 17.6. The zero-order valence-corrected chi connectivity index (χ0v) is 33.5. The molecule has 56 heavy (non-hydrogen) atoms. The quantitative estimate of drug-likeness (QED) is 0.176.